The van der Waals surface area contributed by atoms with E-state index in [1.807, 2.05) is 12.3 Å². The highest BCUT2D eigenvalue weighted by Gasteiger charge is 2.31. The fraction of sp³-hybridized carbons (Fsp3) is 0.500. The first kappa shape index (κ1) is 21.2. The van der Waals surface area contributed by atoms with E-state index in [1.54, 1.807) is 0 Å². The Kier molecular flexibility index (Phi) is 5.56. The van der Waals surface area contributed by atoms with Crippen molar-refractivity contribution in [3.05, 3.63) is 65.0 Å². The minimum atomic E-state index is 0.334. The maximum absolute atomic E-state index is 13.3. The lowest BCUT2D eigenvalue weighted by Gasteiger charge is -2.35. The van der Waals surface area contributed by atoms with Gasteiger partial charge in [0, 0.05) is 36.8 Å². The lowest BCUT2D eigenvalue weighted by Crippen LogP contribution is -2.38. The third kappa shape index (κ3) is 4.20. The van der Waals surface area contributed by atoms with Crippen molar-refractivity contribution < 1.29 is 4.79 Å². The Morgan fingerprint density at radius 1 is 1.12 bits per heavy atom. The lowest BCUT2D eigenvalue weighted by atomic mass is 9.72. The molecule has 5 rings (SSSR count). The predicted octanol–water partition coefficient (Wildman–Crippen LogP) is 5.88. The van der Waals surface area contributed by atoms with E-state index in [1.165, 1.54) is 53.5 Å². The Labute approximate surface area is 191 Å². The van der Waals surface area contributed by atoms with Crippen molar-refractivity contribution in [1.82, 2.24) is 14.5 Å². The zero-order valence-corrected chi connectivity index (χ0v) is 19.7. The van der Waals surface area contributed by atoms with Crippen LogP contribution in [0.2, 0.25) is 0 Å². The first-order valence-corrected chi connectivity index (χ1v) is 12.2. The molecule has 0 radical (unpaired) electrons. The van der Waals surface area contributed by atoms with Crippen LogP contribution in [0.4, 0.5) is 0 Å². The summed E-state index contributed by atoms with van der Waals surface area (Å²) in [5.74, 6) is 0.887. The molecular weight excluding hydrogens is 394 g/mol. The largest absolute Gasteiger partial charge is 0.337 e. The van der Waals surface area contributed by atoms with Crippen LogP contribution in [0.15, 0.2) is 42.6 Å². The first-order valence-electron chi connectivity index (χ1n) is 12.2. The van der Waals surface area contributed by atoms with Crippen molar-refractivity contribution in [3.8, 4) is 0 Å². The summed E-state index contributed by atoms with van der Waals surface area (Å²) in [4.78, 5) is 20.1. The van der Waals surface area contributed by atoms with Gasteiger partial charge in [-0.1, -0.05) is 43.7 Å². The molecule has 0 spiro atoms. The van der Waals surface area contributed by atoms with E-state index in [4.69, 9.17) is 4.98 Å². The average Bonchev–Trinajstić information content (AvgIpc) is 3.10. The highest BCUT2D eigenvalue weighted by atomic mass is 16.2. The van der Waals surface area contributed by atoms with E-state index in [0.717, 1.165) is 25.2 Å². The Bertz CT molecular complexity index is 1120. The molecule has 0 atom stereocenters. The summed E-state index contributed by atoms with van der Waals surface area (Å²) < 4.78 is 2.35. The molecule has 3 heterocycles. The lowest BCUT2D eigenvalue weighted by molar-refractivity contribution is -0.133. The topological polar surface area (TPSA) is 38.1 Å². The normalized spacial score (nSPS) is 18.7. The van der Waals surface area contributed by atoms with Crippen molar-refractivity contribution in [3.63, 3.8) is 0 Å². The van der Waals surface area contributed by atoms with Gasteiger partial charge in [0.2, 0.25) is 5.91 Å². The van der Waals surface area contributed by atoms with Crippen molar-refractivity contribution in [2.45, 2.75) is 72.4 Å². The maximum atomic E-state index is 13.3. The smallest absolute Gasteiger partial charge is 0.223 e. The van der Waals surface area contributed by atoms with Crippen molar-refractivity contribution in [2.24, 2.45) is 11.3 Å². The molecule has 1 saturated carbocycles. The molecule has 1 amide bonds. The van der Waals surface area contributed by atoms with Gasteiger partial charge in [-0.25, -0.2) is 4.98 Å². The van der Waals surface area contributed by atoms with Gasteiger partial charge in [-0.15, -0.1) is 0 Å². The third-order valence-corrected chi connectivity index (χ3v) is 7.75. The zero-order chi connectivity index (χ0) is 22.3. The van der Waals surface area contributed by atoms with Gasteiger partial charge in [-0.05, 0) is 73.6 Å². The van der Waals surface area contributed by atoms with Gasteiger partial charge in [0.05, 0.1) is 6.54 Å². The van der Waals surface area contributed by atoms with Crippen LogP contribution in [0.25, 0.3) is 11.0 Å². The highest BCUT2D eigenvalue weighted by Crippen LogP contribution is 2.39. The molecular formula is C28H35N3O. The van der Waals surface area contributed by atoms with Crippen LogP contribution >= 0.6 is 0 Å². The van der Waals surface area contributed by atoms with Crippen molar-refractivity contribution in [2.75, 3.05) is 6.54 Å². The van der Waals surface area contributed by atoms with E-state index >= 15 is 0 Å². The van der Waals surface area contributed by atoms with E-state index in [9.17, 15) is 4.79 Å². The molecule has 0 N–H and O–H groups in total. The fourth-order valence-corrected chi connectivity index (χ4v) is 5.56. The van der Waals surface area contributed by atoms with E-state index in [-0.39, 0.29) is 0 Å². The van der Waals surface area contributed by atoms with Crippen LogP contribution in [0.5, 0.6) is 0 Å². The Morgan fingerprint density at radius 2 is 1.88 bits per heavy atom. The number of hydrogen-bond donors (Lipinski definition) is 0. The number of nitrogens with zero attached hydrogens (tertiary/aromatic N) is 3. The van der Waals surface area contributed by atoms with Crippen molar-refractivity contribution in [1.29, 1.82) is 0 Å². The summed E-state index contributed by atoms with van der Waals surface area (Å²) in [6.07, 6.45) is 8.37. The number of hydrogen-bond acceptors (Lipinski definition) is 2. The second-order valence-electron chi connectivity index (χ2n) is 10.7. The number of rotatable bonds is 4. The molecule has 168 valence electrons. The summed E-state index contributed by atoms with van der Waals surface area (Å²) in [5.41, 5.74) is 6.68. The van der Waals surface area contributed by atoms with Crippen LogP contribution in [-0.2, 0) is 24.3 Å². The van der Waals surface area contributed by atoms with Gasteiger partial charge < -0.3 is 9.47 Å². The fourth-order valence-electron chi connectivity index (χ4n) is 5.56. The standard InChI is InChI=1S/C28H35N3O/c1-20-6-8-22(9-7-20)18-31-25-19-30(16-12-23(25)24-5-4-15-29-27(24)31)26(32)17-21-10-13-28(2,3)14-11-21/h4-9,15,21H,10-14,16-19H2,1-3H3. The minimum absolute atomic E-state index is 0.334. The molecule has 0 unspecified atom stereocenters. The highest BCUT2D eigenvalue weighted by molar-refractivity contribution is 5.84. The quantitative estimate of drug-likeness (QED) is 0.519. The maximum Gasteiger partial charge on any atom is 0.223 e. The summed E-state index contributed by atoms with van der Waals surface area (Å²) in [6, 6.07) is 13.0. The van der Waals surface area contributed by atoms with Crippen LogP contribution in [-0.4, -0.2) is 26.9 Å². The average molecular weight is 430 g/mol. The van der Waals surface area contributed by atoms with Crippen LogP contribution < -0.4 is 0 Å². The number of benzene rings is 1. The molecule has 0 saturated heterocycles. The number of amides is 1. The number of carbonyl (C=O) groups is 1. The summed E-state index contributed by atoms with van der Waals surface area (Å²) in [6.45, 7) is 9.16. The molecule has 3 aromatic rings. The summed E-state index contributed by atoms with van der Waals surface area (Å²) >= 11 is 0. The second-order valence-corrected chi connectivity index (χ2v) is 10.7. The number of pyridine rings is 1. The predicted molar refractivity (Wildman–Crippen MR) is 129 cm³/mol. The Balaban J connectivity index is 1.38. The molecule has 2 aromatic heterocycles. The number of aromatic nitrogens is 2. The summed E-state index contributed by atoms with van der Waals surface area (Å²) in [7, 11) is 0. The monoisotopic (exact) mass is 429 g/mol. The SMILES string of the molecule is Cc1ccc(Cn2c3c(c4cccnc42)CCN(C(=O)CC2CCC(C)(C)CC2)C3)cc1. The first-order chi connectivity index (χ1) is 15.4. The molecule has 1 aromatic carbocycles. The number of carbonyl (C=O) groups excluding carboxylic acids is 1. The molecule has 1 fully saturated rings. The van der Waals surface area contributed by atoms with Crippen LogP contribution in [0.3, 0.4) is 0 Å². The van der Waals surface area contributed by atoms with Crippen LogP contribution in [0.1, 0.15) is 68.3 Å². The van der Waals surface area contributed by atoms with Gasteiger partial charge in [-0.2, -0.15) is 0 Å². The van der Waals surface area contributed by atoms with E-state index in [0.29, 0.717) is 30.2 Å². The van der Waals surface area contributed by atoms with Gasteiger partial charge in [0.25, 0.3) is 0 Å². The molecule has 4 nitrogen and oxygen atoms in total. The minimum Gasteiger partial charge on any atom is -0.337 e. The summed E-state index contributed by atoms with van der Waals surface area (Å²) in [5, 5.41) is 1.25. The molecule has 0 bridgehead atoms. The zero-order valence-electron chi connectivity index (χ0n) is 19.7. The molecule has 2 aliphatic rings. The molecule has 1 aliphatic carbocycles. The molecule has 32 heavy (non-hydrogen) atoms. The third-order valence-electron chi connectivity index (χ3n) is 7.75. The Hall–Kier alpha value is -2.62. The van der Waals surface area contributed by atoms with Crippen molar-refractivity contribution >= 4 is 16.9 Å². The van der Waals surface area contributed by atoms with Gasteiger partial charge in [0.15, 0.2) is 0 Å². The number of fused-ring (bicyclic) bond motifs is 3. The van der Waals surface area contributed by atoms with E-state index < -0.39 is 0 Å². The second kappa shape index (κ2) is 8.38. The van der Waals surface area contributed by atoms with Gasteiger partial charge >= 0.3 is 0 Å². The number of aryl methyl sites for hydroxylation is 1. The molecule has 4 heteroatoms. The van der Waals surface area contributed by atoms with Gasteiger partial charge in [0.1, 0.15) is 5.65 Å². The van der Waals surface area contributed by atoms with Gasteiger partial charge in [-0.3, -0.25) is 4.79 Å². The molecule has 1 aliphatic heterocycles. The Morgan fingerprint density at radius 3 is 2.62 bits per heavy atom. The van der Waals surface area contributed by atoms with Crippen LogP contribution in [0, 0.1) is 18.3 Å². The van der Waals surface area contributed by atoms with E-state index in [2.05, 4.69) is 60.6 Å².